The summed E-state index contributed by atoms with van der Waals surface area (Å²) in [5.41, 5.74) is 7.85. The maximum absolute atomic E-state index is 13.0. The molecule has 6 nitrogen and oxygen atoms in total. The summed E-state index contributed by atoms with van der Waals surface area (Å²) in [5.74, 6) is 0.310. The van der Waals surface area contributed by atoms with Gasteiger partial charge in [-0.05, 0) is 38.0 Å². The molecule has 3 rings (SSSR count). The van der Waals surface area contributed by atoms with Crippen molar-refractivity contribution in [3.63, 3.8) is 0 Å². The van der Waals surface area contributed by atoms with Crippen LogP contribution >= 0.6 is 0 Å². The van der Waals surface area contributed by atoms with Gasteiger partial charge in [-0.2, -0.15) is 0 Å². The minimum Gasteiger partial charge on any atom is -0.384 e. The van der Waals surface area contributed by atoms with Gasteiger partial charge in [0.05, 0.1) is 11.2 Å². The van der Waals surface area contributed by atoms with Crippen LogP contribution in [-0.4, -0.2) is 22.5 Å². The predicted octanol–water partition coefficient (Wildman–Crippen LogP) is 2.81. The summed E-state index contributed by atoms with van der Waals surface area (Å²) >= 11 is 0. The molecule has 0 saturated carbocycles. The van der Waals surface area contributed by atoms with Gasteiger partial charge in [-0.15, -0.1) is 0 Å². The molecule has 0 amide bonds. The Labute approximate surface area is 147 Å². The van der Waals surface area contributed by atoms with E-state index >= 15 is 0 Å². The number of benzene rings is 1. The molecule has 0 atom stereocenters. The third-order valence-corrected chi connectivity index (χ3v) is 6.44. The number of aromatic nitrogens is 3. The van der Waals surface area contributed by atoms with E-state index in [1.807, 2.05) is 29.2 Å². The van der Waals surface area contributed by atoms with Crippen molar-refractivity contribution >= 4 is 15.7 Å². The lowest BCUT2D eigenvalue weighted by molar-refractivity contribution is 0.560. The molecule has 3 aromatic rings. The van der Waals surface area contributed by atoms with E-state index < -0.39 is 9.84 Å². The highest BCUT2D eigenvalue weighted by Crippen LogP contribution is 2.33. The smallest absolute Gasteiger partial charge is 0.210 e. The average Bonchev–Trinajstić information content (AvgIpc) is 3.18. The van der Waals surface area contributed by atoms with Gasteiger partial charge in [0.2, 0.25) is 9.84 Å². The van der Waals surface area contributed by atoms with Gasteiger partial charge in [0, 0.05) is 31.2 Å². The van der Waals surface area contributed by atoms with E-state index in [-0.39, 0.29) is 9.79 Å². The molecule has 0 spiro atoms. The normalized spacial score (nSPS) is 11.8. The van der Waals surface area contributed by atoms with Gasteiger partial charge >= 0.3 is 0 Å². The summed E-state index contributed by atoms with van der Waals surface area (Å²) < 4.78 is 29.9. The number of nitrogens with two attached hydrogens (primary N) is 1. The molecule has 2 N–H and O–H groups in total. The first-order valence-electron chi connectivity index (χ1n) is 8.14. The maximum Gasteiger partial charge on any atom is 0.210 e. The number of hydrogen-bond donors (Lipinski definition) is 1. The van der Waals surface area contributed by atoms with Crippen LogP contribution in [0.5, 0.6) is 0 Å². The third-order valence-electron chi connectivity index (χ3n) is 4.49. The molecule has 25 heavy (non-hydrogen) atoms. The Morgan fingerprint density at radius 1 is 1.12 bits per heavy atom. The molecule has 2 heterocycles. The lowest BCUT2D eigenvalue weighted by Crippen LogP contribution is -2.10. The molecule has 0 saturated heterocycles. The van der Waals surface area contributed by atoms with E-state index in [1.165, 1.54) is 0 Å². The maximum atomic E-state index is 13.0. The Bertz CT molecular complexity index is 958. The number of nitrogen functional groups attached to an aromatic ring is 1. The molecule has 0 bridgehead atoms. The number of imidazole rings is 1. The van der Waals surface area contributed by atoms with Crippen molar-refractivity contribution in [2.24, 2.45) is 0 Å². The molecule has 0 fully saturated rings. The van der Waals surface area contributed by atoms with E-state index in [1.54, 1.807) is 42.9 Å². The first-order valence-corrected chi connectivity index (χ1v) is 9.62. The highest BCUT2D eigenvalue weighted by Gasteiger charge is 2.27. The van der Waals surface area contributed by atoms with Crippen LogP contribution in [0.2, 0.25) is 0 Å². The molecule has 132 valence electrons. The number of nitrogens with zero attached hydrogens (tertiary/aromatic N) is 3. The van der Waals surface area contributed by atoms with Crippen molar-refractivity contribution in [1.29, 1.82) is 0 Å². The Morgan fingerprint density at radius 2 is 1.84 bits per heavy atom. The molecular formula is C18H22N4O2S. The van der Waals surface area contributed by atoms with E-state index in [4.69, 9.17) is 5.73 Å². The van der Waals surface area contributed by atoms with Gasteiger partial charge in [-0.1, -0.05) is 18.2 Å². The van der Waals surface area contributed by atoms with Crippen LogP contribution in [0.3, 0.4) is 0 Å². The zero-order valence-corrected chi connectivity index (χ0v) is 15.2. The summed E-state index contributed by atoms with van der Waals surface area (Å²) in [5, 5.41) is 0. The minimum absolute atomic E-state index is 0.221. The largest absolute Gasteiger partial charge is 0.384 e. The molecule has 1 aromatic carbocycles. The molecule has 0 aliphatic heterocycles. The fraction of sp³-hybridized carbons (Fsp3) is 0.278. The number of sulfone groups is 1. The zero-order valence-electron chi connectivity index (χ0n) is 14.4. The number of aryl methyl sites for hydroxylation is 1. The molecule has 0 aliphatic carbocycles. The zero-order chi connectivity index (χ0) is 18.0. The topological polar surface area (TPSA) is 82.9 Å². The quantitative estimate of drug-likeness (QED) is 0.734. The predicted molar refractivity (Wildman–Crippen MR) is 97.1 cm³/mol. The van der Waals surface area contributed by atoms with Gasteiger partial charge in [-0.3, -0.25) is 0 Å². The molecular weight excluding hydrogens is 336 g/mol. The summed E-state index contributed by atoms with van der Waals surface area (Å²) in [4.78, 5) is 4.50. The van der Waals surface area contributed by atoms with Crippen LogP contribution in [0.1, 0.15) is 17.7 Å². The second-order valence-electron chi connectivity index (χ2n) is 6.05. The second-order valence-corrected chi connectivity index (χ2v) is 7.93. The SMILES string of the molecule is Cc1c(S(=O)(=O)c2ccccc2)c(N)n(CCCn2ccnc2)c1C. The van der Waals surface area contributed by atoms with Crippen molar-refractivity contribution < 1.29 is 8.42 Å². The van der Waals surface area contributed by atoms with Gasteiger partial charge < -0.3 is 14.9 Å². The number of anilines is 1. The summed E-state index contributed by atoms with van der Waals surface area (Å²) in [7, 11) is -3.63. The Morgan fingerprint density at radius 3 is 2.48 bits per heavy atom. The van der Waals surface area contributed by atoms with Crippen molar-refractivity contribution in [2.45, 2.75) is 43.1 Å². The second kappa shape index (κ2) is 6.76. The van der Waals surface area contributed by atoms with Gasteiger partial charge in [0.25, 0.3) is 0 Å². The lowest BCUT2D eigenvalue weighted by atomic mass is 10.3. The Hall–Kier alpha value is -2.54. The summed E-state index contributed by atoms with van der Waals surface area (Å²) in [6, 6.07) is 8.42. The van der Waals surface area contributed by atoms with Crippen LogP contribution in [-0.2, 0) is 22.9 Å². The monoisotopic (exact) mass is 358 g/mol. The molecule has 0 radical (unpaired) electrons. The van der Waals surface area contributed by atoms with Crippen molar-refractivity contribution in [3.8, 4) is 0 Å². The highest BCUT2D eigenvalue weighted by atomic mass is 32.2. The fourth-order valence-electron chi connectivity index (χ4n) is 3.04. The van der Waals surface area contributed by atoms with E-state index in [0.717, 1.165) is 18.7 Å². The first-order chi connectivity index (χ1) is 11.9. The van der Waals surface area contributed by atoms with Crippen molar-refractivity contribution in [2.75, 3.05) is 5.73 Å². The van der Waals surface area contributed by atoms with E-state index in [9.17, 15) is 8.42 Å². The average molecular weight is 358 g/mol. The van der Waals surface area contributed by atoms with E-state index in [2.05, 4.69) is 4.98 Å². The standard InChI is InChI=1S/C18H22N4O2S/c1-14-15(2)22(11-6-10-21-12-9-20-13-21)18(19)17(14)25(23,24)16-7-4-3-5-8-16/h3-5,7-9,12-13H,6,10-11,19H2,1-2H3. The molecule has 2 aromatic heterocycles. The van der Waals surface area contributed by atoms with Crippen LogP contribution in [0.4, 0.5) is 5.82 Å². The van der Waals surface area contributed by atoms with Gasteiger partial charge in [0.1, 0.15) is 10.7 Å². The summed E-state index contributed by atoms with van der Waals surface area (Å²) in [6.07, 6.45) is 6.25. The molecule has 0 unspecified atom stereocenters. The fourth-order valence-corrected chi connectivity index (χ4v) is 4.72. The van der Waals surface area contributed by atoms with Crippen LogP contribution in [0.25, 0.3) is 0 Å². The van der Waals surface area contributed by atoms with Crippen LogP contribution in [0, 0.1) is 13.8 Å². The lowest BCUT2D eigenvalue weighted by Gasteiger charge is -2.10. The number of hydrogen-bond acceptors (Lipinski definition) is 4. The van der Waals surface area contributed by atoms with Gasteiger partial charge in [0.15, 0.2) is 0 Å². The third kappa shape index (κ3) is 3.19. The van der Waals surface area contributed by atoms with Crippen molar-refractivity contribution in [1.82, 2.24) is 14.1 Å². The highest BCUT2D eigenvalue weighted by molar-refractivity contribution is 7.91. The van der Waals surface area contributed by atoms with Crippen molar-refractivity contribution in [3.05, 3.63) is 60.3 Å². The van der Waals surface area contributed by atoms with Gasteiger partial charge in [-0.25, -0.2) is 13.4 Å². The number of rotatable bonds is 6. The minimum atomic E-state index is -3.63. The van der Waals surface area contributed by atoms with E-state index in [0.29, 0.717) is 17.9 Å². The molecule has 7 heteroatoms. The Kier molecular flexibility index (Phi) is 4.67. The molecule has 0 aliphatic rings. The van der Waals surface area contributed by atoms with Crippen LogP contribution < -0.4 is 5.73 Å². The summed E-state index contributed by atoms with van der Waals surface area (Å²) in [6.45, 7) is 5.18. The Balaban J connectivity index is 1.91. The van der Waals surface area contributed by atoms with Crippen LogP contribution in [0.15, 0.2) is 58.8 Å². The first kappa shape index (κ1) is 17.3.